The third kappa shape index (κ3) is 7.18. The second-order valence-corrected chi connectivity index (χ2v) is 8.78. The molecule has 2 atom stereocenters. The fraction of sp³-hybridized carbons (Fsp3) is 0.400. The Morgan fingerprint density at radius 1 is 0.938 bits per heavy atom. The van der Waals surface area contributed by atoms with E-state index in [1.807, 2.05) is 24.3 Å². The van der Waals surface area contributed by atoms with Gasteiger partial charge in [0, 0.05) is 19.8 Å². The van der Waals surface area contributed by atoms with Crippen molar-refractivity contribution in [1.29, 1.82) is 0 Å². The summed E-state index contributed by atoms with van der Waals surface area (Å²) in [5.41, 5.74) is 2.27. The van der Waals surface area contributed by atoms with Crippen molar-refractivity contribution >= 4 is 17.8 Å². The van der Waals surface area contributed by atoms with Crippen molar-refractivity contribution in [1.82, 2.24) is 10.6 Å². The lowest BCUT2D eigenvalue weighted by atomic mass is 9.86. The normalized spacial score (nSPS) is 13.1. The summed E-state index contributed by atoms with van der Waals surface area (Å²) in [6.45, 7) is 7.60. The molecule has 0 saturated carbocycles. The van der Waals surface area contributed by atoms with Crippen molar-refractivity contribution in [3.8, 4) is 0 Å². The van der Waals surface area contributed by atoms with Crippen LogP contribution in [0.15, 0.2) is 48.5 Å². The summed E-state index contributed by atoms with van der Waals surface area (Å²) in [5.74, 6) is -2.11. The predicted octanol–water partition coefficient (Wildman–Crippen LogP) is 3.07. The summed E-state index contributed by atoms with van der Waals surface area (Å²) < 4.78 is 18.9. The van der Waals surface area contributed by atoms with Gasteiger partial charge in [0.2, 0.25) is 11.8 Å². The molecule has 0 aromatic heterocycles. The van der Waals surface area contributed by atoms with Crippen LogP contribution in [0.3, 0.4) is 0 Å². The average Bonchev–Trinajstić information content (AvgIpc) is 2.73. The number of rotatable bonds is 8. The minimum Gasteiger partial charge on any atom is -0.467 e. The van der Waals surface area contributed by atoms with Crippen molar-refractivity contribution in [2.24, 2.45) is 0 Å². The Kier molecular flexibility index (Phi) is 8.52. The van der Waals surface area contributed by atoms with Gasteiger partial charge in [0.15, 0.2) is 0 Å². The molecule has 0 fully saturated rings. The van der Waals surface area contributed by atoms with E-state index < -0.39 is 35.7 Å². The van der Waals surface area contributed by atoms with E-state index in [9.17, 15) is 18.8 Å². The molecule has 6 nitrogen and oxygen atoms in total. The van der Waals surface area contributed by atoms with Gasteiger partial charge < -0.3 is 15.4 Å². The zero-order valence-corrected chi connectivity index (χ0v) is 19.2. The molecule has 2 rings (SSSR count). The van der Waals surface area contributed by atoms with E-state index >= 15 is 0 Å². The lowest BCUT2D eigenvalue weighted by molar-refractivity contribution is -0.145. The van der Waals surface area contributed by atoms with Crippen molar-refractivity contribution < 1.29 is 23.5 Å². The zero-order chi connectivity index (χ0) is 23.9. The molecular formula is C25H31FN2O4. The molecule has 0 spiro atoms. The van der Waals surface area contributed by atoms with E-state index in [4.69, 9.17) is 4.74 Å². The predicted molar refractivity (Wildman–Crippen MR) is 121 cm³/mol. The third-order valence-corrected chi connectivity index (χ3v) is 5.14. The quantitative estimate of drug-likeness (QED) is 0.616. The number of hydrogen-bond acceptors (Lipinski definition) is 4. The molecule has 172 valence electrons. The minimum atomic E-state index is -1.04. The Labute approximate surface area is 188 Å². The monoisotopic (exact) mass is 442 g/mol. The van der Waals surface area contributed by atoms with Crippen LogP contribution >= 0.6 is 0 Å². The van der Waals surface area contributed by atoms with Gasteiger partial charge in [-0.2, -0.15) is 0 Å². The summed E-state index contributed by atoms with van der Waals surface area (Å²) in [6.07, 6.45) is 0.168. The number of benzene rings is 2. The average molecular weight is 443 g/mol. The fourth-order valence-corrected chi connectivity index (χ4v) is 3.32. The number of esters is 1. The van der Waals surface area contributed by atoms with Crippen LogP contribution in [-0.2, 0) is 37.4 Å². The summed E-state index contributed by atoms with van der Waals surface area (Å²) in [7, 11) is 1.24. The largest absolute Gasteiger partial charge is 0.467 e. The van der Waals surface area contributed by atoms with Gasteiger partial charge in [-0.05, 0) is 28.2 Å². The van der Waals surface area contributed by atoms with Crippen LogP contribution in [0.25, 0.3) is 0 Å². The van der Waals surface area contributed by atoms with Crippen molar-refractivity contribution in [2.45, 2.75) is 58.0 Å². The number of methoxy groups -OCH3 is 1. The molecule has 0 heterocycles. The lowest BCUT2D eigenvalue weighted by Crippen LogP contribution is -2.53. The molecule has 32 heavy (non-hydrogen) atoms. The van der Waals surface area contributed by atoms with Crippen LogP contribution in [0.5, 0.6) is 0 Å². The topological polar surface area (TPSA) is 84.5 Å². The summed E-state index contributed by atoms with van der Waals surface area (Å²) in [4.78, 5) is 36.9. The Morgan fingerprint density at radius 3 is 2.09 bits per heavy atom. The van der Waals surface area contributed by atoms with Gasteiger partial charge in [0.1, 0.15) is 17.9 Å². The standard InChI is InChI=1S/C25H31FN2O4/c1-16(29)27-21(15-18-8-6-7-9-20(18)26)23(30)28-22(24(31)32-5)14-17-10-12-19(13-11-17)25(2,3)4/h6-13,21-22H,14-15H2,1-5H3,(H,27,29)(H,28,30)/t21-,22+/m1/s1. The van der Waals surface area contributed by atoms with Crippen LogP contribution in [-0.4, -0.2) is 37.0 Å². The highest BCUT2D eigenvalue weighted by molar-refractivity contribution is 5.90. The number of amides is 2. The number of nitrogens with one attached hydrogen (secondary N) is 2. The van der Waals surface area contributed by atoms with Crippen LogP contribution < -0.4 is 10.6 Å². The molecule has 0 aliphatic carbocycles. The minimum absolute atomic E-state index is 0.00715. The van der Waals surface area contributed by atoms with Crippen LogP contribution in [0.1, 0.15) is 44.4 Å². The van der Waals surface area contributed by atoms with Crippen molar-refractivity contribution in [3.63, 3.8) is 0 Å². The Morgan fingerprint density at radius 2 is 1.56 bits per heavy atom. The van der Waals surface area contributed by atoms with Crippen LogP contribution in [0, 0.1) is 5.82 Å². The number of ether oxygens (including phenoxy) is 1. The van der Waals surface area contributed by atoms with E-state index in [-0.39, 0.29) is 23.8 Å². The second-order valence-electron chi connectivity index (χ2n) is 8.78. The maximum absolute atomic E-state index is 14.1. The molecule has 2 N–H and O–H groups in total. The Hall–Kier alpha value is -3.22. The maximum atomic E-state index is 14.1. The Balaban J connectivity index is 2.19. The molecular weight excluding hydrogens is 411 g/mol. The van der Waals surface area contributed by atoms with E-state index in [0.717, 1.165) is 11.1 Å². The molecule has 0 bridgehead atoms. The van der Waals surface area contributed by atoms with Gasteiger partial charge in [0.05, 0.1) is 7.11 Å². The highest BCUT2D eigenvalue weighted by atomic mass is 19.1. The highest BCUT2D eigenvalue weighted by Gasteiger charge is 2.28. The molecule has 0 saturated heterocycles. The molecule has 2 amide bonds. The van der Waals surface area contributed by atoms with Crippen LogP contribution in [0.4, 0.5) is 4.39 Å². The lowest BCUT2D eigenvalue weighted by Gasteiger charge is -2.23. The molecule has 0 unspecified atom stereocenters. The summed E-state index contributed by atoms with van der Waals surface area (Å²) in [6, 6.07) is 11.8. The van der Waals surface area contributed by atoms with Crippen LogP contribution in [0.2, 0.25) is 0 Å². The van der Waals surface area contributed by atoms with Gasteiger partial charge in [-0.3, -0.25) is 9.59 Å². The van der Waals surface area contributed by atoms with Gasteiger partial charge in [-0.1, -0.05) is 63.2 Å². The second kappa shape index (κ2) is 10.9. The van der Waals surface area contributed by atoms with Crippen molar-refractivity contribution in [2.75, 3.05) is 7.11 Å². The SMILES string of the molecule is COC(=O)[C@H](Cc1ccc(C(C)(C)C)cc1)NC(=O)[C@@H](Cc1ccccc1F)NC(C)=O. The molecule has 2 aromatic carbocycles. The molecule has 2 aromatic rings. The van der Waals surface area contributed by atoms with E-state index in [0.29, 0.717) is 0 Å². The zero-order valence-electron chi connectivity index (χ0n) is 19.2. The smallest absolute Gasteiger partial charge is 0.328 e. The van der Waals surface area contributed by atoms with E-state index in [2.05, 4.69) is 31.4 Å². The first kappa shape index (κ1) is 25.0. The van der Waals surface area contributed by atoms with Gasteiger partial charge >= 0.3 is 5.97 Å². The first-order valence-corrected chi connectivity index (χ1v) is 10.5. The maximum Gasteiger partial charge on any atom is 0.328 e. The number of halogens is 1. The van der Waals surface area contributed by atoms with E-state index in [1.54, 1.807) is 18.2 Å². The summed E-state index contributed by atoms with van der Waals surface area (Å²) in [5, 5.41) is 5.19. The third-order valence-electron chi connectivity index (χ3n) is 5.14. The molecule has 0 aliphatic rings. The molecule has 7 heteroatoms. The fourth-order valence-electron chi connectivity index (χ4n) is 3.32. The summed E-state index contributed by atoms with van der Waals surface area (Å²) >= 11 is 0. The van der Waals surface area contributed by atoms with Gasteiger partial charge in [-0.25, -0.2) is 9.18 Å². The first-order valence-electron chi connectivity index (χ1n) is 10.5. The number of carbonyl (C=O) groups is 3. The number of carbonyl (C=O) groups excluding carboxylic acids is 3. The van der Waals surface area contributed by atoms with Gasteiger partial charge in [0.25, 0.3) is 0 Å². The van der Waals surface area contributed by atoms with Crippen molar-refractivity contribution in [3.05, 3.63) is 71.0 Å². The first-order chi connectivity index (χ1) is 15.0. The molecule has 0 aliphatic heterocycles. The number of hydrogen-bond donors (Lipinski definition) is 2. The Bertz CT molecular complexity index is 951. The van der Waals surface area contributed by atoms with Gasteiger partial charge in [-0.15, -0.1) is 0 Å². The highest BCUT2D eigenvalue weighted by Crippen LogP contribution is 2.22. The molecule has 0 radical (unpaired) electrons. The van der Waals surface area contributed by atoms with E-state index in [1.165, 1.54) is 20.1 Å².